The van der Waals surface area contributed by atoms with Gasteiger partial charge in [0, 0.05) is 18.5 Å². The molecule has 1 unspecified atom stereocenters. The molecular weight excluding hydrogens is 200 g/mol. The molecule has 0 saturated heterocycles. The minimum atomic E-state index is -0.245. The highest BCUT2D eigenvalue weighted by molar-refractivity contribution is 5.75. The van der Waals surface area contributed by atoms with E-state index in [-0.39, 0.29) is 11.4 Å². The van der Waals surface area contributed by atoms with Crippen LogP contribution in [0.1, 0.15) is 46.0 Å². The van der Waals surface area contributed by atoms with Crippen molar-refractivity contribution in [2.45, 2.75) is 51.5 Å². The zero-order valence-electron chi connectivity index (χ0n) is 10.5. The molecule has 0 fully saturated rings. The van der Waals surface area contributed by atoms with E-state index >= 15 is 0 Å². The van der Waals surface area contributed by atoms with Crippen molar-refractivity contribution in [3.05, 3.63) is 12.2 Å². The topological polar surface area (TPSA) is 55.1 Å². The molecule has 0 aromatic heterocycles. The molecule has 1 aliphatic rings. The van der Waals surface area contributed by atoms with Crippen molar-refractivity contribution in [1.82, 2.24) is 5.32 Å². The van der Waals surface area contributed by atoms with Gasteiger partial charge in [0.2, 0.25) is 5.91 Å². The lowest BCUT2D eigenvalue weighted by Crippen LogP contribution is -2.35. The highest BCUT2D eigenvalue weighted by Crippen LogP contribution is 2.17. The molecule has 0 aromatic rings. The van der Waals surface area contributed by atoms with Gasteiger partial charge in [-0.3, -0.25) is 4.79 Å². The van der Waals surface area contributed by atoms with Gasteiger partial charge in [-0.2, -0.15) is 0 Å². The normalized spacial score (nSPS) is 20.8. The van der Waals surface area contributed by atoms with Crippen LogP contribution in [-0.4, -0.2) is 18.0 Å². The average molecular weight is 224 g/mol. The summed E-state index contributed by atoms with van der Waals surface area (Å²) >= 11 is 0. The van der Waals surface area contributed by atoms with Crippen molar-refractivity contribution in [2.24, 2.45) is 11.7 Å². The Kier molecular flexibility index (Phi) is 5.00. The zero-order chi connectivity index (χ0) is 12.0. The number of nitrogens with one attached hydrogen (secondary N) is 1. The van der Waals surface area contributed by atoms with E-state index in [0.717, 1.165) is 25.8 Å². The minimum absolute atomic E-state index is 0.132. The molecule has 1 amide bonds. The number of hydrogen-bond acceptors (Lipinski definition) is 2. The summed E-state index contributed by atoms with van der Waals surface area (Å²) in [5, 5.41) is 3.00. The van der Waals surface area contributed by atoms with E-state index in [1.54, 1.807) is 0 Å². The molecule has 0 radical (unpaired) electrons. The number of allylic oxidation sites excluding steroid dienone is 2. The monoisotopic (exact) mass is 224 g/mol. The van der Waals surface area contributed by atoms with Crippen LogP contribution in [0, 0.1) is 5.92 Å². The second-order valence-electron chi connectivity index (χ2n) is 5.44. The Bertz CT molecular complexity index is 253. The van der Waals surface area contributed by atoms with Crippen LogP contribution in [0.25, 0.3) is 0 Å². The van der Waals surface area contributed by atoms with Gasteiger partial charge in [-0.1, -0.05) is 12.2 Å². The first kappa shape index (κ1) is 13.2. The third kappa shape index (κ3) is 5.91. The van der Waals surface area contributed by atoms with E-state index in [9.17, 15) is 4.79 Å². The van der Waals surface area contributed by atoms with Crippen molar-refractivity contribution < 1.29 is 4.79 Å². The van der Waals surface area contributed by atoms with Crippen molar-refractivity contribution in [2.75, 3.05) is 6.54 Å². The molecular formula is C13H24N2O. The van der Waals surface area contributed by atoms with E-state index in [0.29, 0.717) is 12.3 Å². The molecule has 0 aliphatic heterocycles. The first-order valence-corrected chi connectivity index (χ1v) is 6.18. The summed E-state index contributed by atoms with van der Waals surface area (Å²) in [6.45, 7) is 4.71. The summed E-state index contributed by atoms with van der Waals surface area (Å²) in [6.07, 6.45) is 9.15. The van der Waals surface area contributed by atoms with Gasteiger partial charge in [-0.05, 0) is 45.4 Å². The van der Waals surface area contributed by atoms with Gasteiger partial charge >= 0.3 is 0 Å². The predicted octanol–water partition coefficient (Wildman–Crippen LogP) is 1.98. The summed E-state index contributed by atoms with van der Waals surface area (Å²) in [5.41, 5.74) is 5.59. The number of nitrogens with two attached hydrogens (primary N) is 1. The zero-order valence-corrected chi connectivity index (χ0v) is 10.5. The van der Waals surface area contributed by atoms with E-state index < -0.39 is 0 Å². The van der Waals surface area contributed by atoms with Crippen LogP contribution in [0.2, 0.25) is 0 Å². The Morgan fingerprint density at radius 3 is 2.81 bits per heavy atom. The first-order valence-electron chi connectivity index (χ1n) is 6.18. The van der Waals surface area contributed by atoms with Crippen LogP contribution >= 0.6 is 0 Å². The Hall–Kier alpha value is -0.830. The molecule has 1 rings (SSSR count). The summed E-state index contributed by atoms with van der Waals surface area (Å²) in [5.74, 6) is 0.757. The standard InChI is InChI=1S/C13H24N2O/c1-13(2,14)9-8-12(16)15-10-11-6-4-3-5-7-11/h3-4,11H,5-10,14H2,1-2H3,(H,15,16). The molecule has 0 saturated carbocycles. The van der Waals surface area contributed by atoms with Crippen LogP contribution in [0.4, 0.5) is 0 Å². The lowest BCUT2D eigenvalue weighted by atomic mass is 9.94. The molecule has 1 aliphatic carbocycles. The summed E-state index contributed by atoms with van der Waals surface area (Å²) in [4.78, 5) is 11.5. The molecule has 3 heteroatoms. The Morgan fingerprint density at radius 1 is 1.50 bits per heavy atom. The Morgan fingerprint density at radius 2 is 2.25 bits per heavy atom. The molecule has 92 valence electrons. The average Bonchev–Trinajstić information content (AvgIpc) is 2.24. The smallest absolute Gasteiger partial charge is 0.220 e. The van der Waals surface area contributed by atoms with E-state index in [1.807, 2.05) is 13.8 Å². The van der Waals surface area contributed by atoms with Crippen LogP contribution in [-0.2, 0) is 4.79 Å². The third-order valence-electron chi connectivity index (χ3n) is 2.96. The molecule has 1 atom stereocenters. The quantitative estimate of drug-likeness (QED) is 0.702. The minimum Gasteiger partial charge on any atom is -0.356 e. The number of carbonyl (C=O) groups excluding carboxylic acids is 1. The summed E-state index contributed by atoms with van der Waals surface area (Å²) in [6, 6.07) is 0. The van der Waals surface area contributed by atoms with E-state index in [1.165, 1.54) is 6.42 Å². The predicted molar refractivity (Wildman–Crippen MR) is 67.0 cm³/mol. The fourth-order valence-electron chi connectivity index (χ4n) is 1.82. The Labute approximate surface area is 98.5 Å². The summed E-state index contributed by atoms with van der Waals surface area (Å²) < 4.78 is 0. The van der Waals surface area contributed by atoms with Crippen molar-refractivity contribution >= 4 is 5.91 Å². The molecule has 0 bridgehead atoms. The van der Waals surface area contributed by atoms with Crippen molar-refractivity contribution in [3.63, 3.8) is 0 Å². The molecule has 16 heavy (non-hydrogen) atoms. The molecule has 0 aromatic carbocycles. The molecule has 3 nitrogen and oxygen atoms in total. The van der Waals surface area contributed by atoms with Crippen LogP contribution in [0.15, 0.2) is 12.2 Å². The highest BCUT2D eigenvalue weighted by Gasteiger charge is 2.14. The largest absolute Gasteiger partial charge is 0.356 e. The van der Waals surface area contributed by atoms with E-state index in [2.05, 4.69) is 17.5 Å². The second kappa shape index (κ2) is 6.04. The maximum atomic E-state index is 11.5. The van der Waals surface area contributed by atoms with Crippen molar-refractivity contribution in [1.29, 1.82) is 0 Å². The highest BCUT2D eigenvalue weighted by atomic mass is 16.1. The van der Waals surface area contributed by atoms with Gasteiger partial charge in [0.05, 0.1) is 0 Å². The molecule has 0 spiro atoms. The SMILES string of the molecule is CC(C)(N)CCC(=O)NCC1CC=CCC1. The fourth-order valence-corrected chi connectivity index (χ4v) is 1.82. The van der Waals surface area contributed by atoms with Gasteiger partial charge in [0.1, 0.15) is 0 Å². The lowest BCUT2D eigenvalue weighted by Gasteiger charge is -2.20. The van der Waals surface area contributed by atoms with Crippen LogP contribution in [0.5, 0.6) is 0 Å². The first-order chi connectivity index (χ1) is 7.47. The number of rotatable bonds is 5. The molecule has 0 heterocycles. The summed E-state index contributed by atoms with van der Waals surface area (Å²) in [7, 11) is 0. The van der Waals surface area contributed by atoms with Crippen LogP contribution < -0.4 is 11.1 Å². The number of carbonyl (C=O) groups is 1. The number of hydrogen-bond donors (Lipinski definition) is 2. The van der Waals surface area contributed by atoms with Crippen LogP contribution in [0.3, 0.4) is 0 Å². The Balaban J connectivity index is 2.12. The van der Waals surface area contributed by atoms with Gasteiger partial charge < -0.3 is 11.1 Å². The maximum Gasteiger partial charge on any atom is 0.220 e. The van der Waals surface area contributed by atoms with Gasteiger partial charge in [-0.15, -0.1) is 0 Å². The molecule has 3 N–H and O–H groups in total. The number of amides is 1. The maximum absolute atomic E-state index is 11.5. The fraction of sp³-hybridized carbons (Fsp3) is 0.769. The van der Waals surface area contributed by atoms with Crippen molar-refractivity contribution in [3.8, 4) is 0 Å². The van der Waals surface area contributed by atoms with Gasteiger partial charge in [0.25, 0.3) is 0 Å². The van der Waals surface area contributed by atoms with Gasteiger partial charge in [-0.25, -0.2) is 0 Å². The van der Waals surface area contributed by atoms with E-state index in [4.69, 9.17) is 5.73 Å². The van der Waals surface area contributed by atoms with Gasteiger partial charge in [0.15, 0.2) is 0 Å². The third-order valence-corrected chi connectivity index (χ3v) is 2.96. The lowest BCUT2D eigenvalue weighted by molar-refractivity contribution is -0.121. The second-order valence-corrected chi connectivity index (χ2v) is 5.44.